The van der Waals surface area contributed by atoms with Crippen LogP contribution in [0.5, 0.6) is 11.5 Å². The quantitative estimate of drug-likeness (QED) is 0.287. The van der Waals surface area contributed by atoms with Crippen molar-refractivity contribution in [3.05, 3.63) is 108 Å². The number of hydrogen-bond acceptors (Lipinski definition) is 8. The summed E-state index contributed by atoms with van der Waals surface area (Å²) < 4.78 is 0. The fourth-order valence-electron chi connectivity index (χ4n) is 4.66. The fourth-order valence-corrected chi connectivity index (χ4v) is 4.66. The molecule has 0 unspecified atom stereocenters. The summed E-state index contributed by atoms with van der Waals surface area (Å²) in [6.45, 7) is 1.94. The molecule has 235 valence electrons. The van der Waals surface area contributed by atoms with Gasteiger partial charge in [-0.05, 0) is 86.1 Å². The van der Waals surface area contributed by atoms with Gasteiger partial charge in [-0.3, -0.25) is 9.98 Å². The molecule has 0 saturated heterocycles. The van der Waals surface area contributed by atoms with Crippen molar-refractivity contribution in [1.82, 2.24) is 0 Å². The van der Waals surface area contributed by atoms with Crippen LogP contribution in [0, 0.1) is 0 Å². The maximum Gasteiger partial charge on any atom is 2.00 e. The van der Waals surface area contributed by atoms with E-state index in [1.165, 1.54) is 0 Å². The largest absolute Gasteiger partial charge is 2.00 e. The Morgan fingerprint density at radius 3 is 1.22 bits per heavy atom. The van der Waals surface area contributed by atoms with Gasteiger partial charge in [-0.25, -0.2) is 0 Å². The van der Waals surface area contributed by atoms with E-state index in [-0.39, 0.29) is 40.4 Å². The molecule has 2 N–H and O–H groups in total. The summed E-state index contributed by atoms with van der Waals surface area (Å²) in [7, 11) is 0. The van der Waals surface area contributed by atoms with Gasteiger partial charge in [-0.15, -0.1) is 0 Å². The summed E-state index contributed by atoms with van der Waals surface area (Å²) in [6.07, 6.45) is 7.43. The molecule has 1 saturated carbocycles. The van der Waals surface area contributed by atoms with Crippen LogP contribution in [0.15, 0.2) is 107 Å². The first kappa shape index (κ1) is 36.5. The van der Waals surface area contributed by atoms with Crippen molar-refractivity contribution < 1.29 is 46.8 Å². The van der Waals surface area contributed by atoms with Crippen molar-refractivity contribution in [3.63, 3.8) is 0 Å². The van der Waals surface area contributed by atoms with E-state index >= 15 is 0 Å². The van der Waals surface area contributed by atoms with Gasteiger partial charge in [-0.1, -0.05) is 72.8 Å². The zero-order valence-corrected chi connectivity index (χ0v) is 26.2. The number of carbonyl (C=O) groups excluding carboxylic acids is 2. The third-order valence-electron chi connectivity index (χ3n) is 6.78. The van der Waals surface area contributed by atoms with Crippen molar-refractivity contribution in [2.45, 2.75) is 51.6 Å². The second kappa shape index (κ2) is 18.8. The number of aliphatic carboxylic acids is 2. The van der Waals surface area contributed by atoms with Crippen molar-refractivity contribution in [3.8, 4) is 33.8 Å². The molecule has 1 radical (unpaired) electrons. The molecular weight excluding hydrogens is 615 g/mol. The SMILES string of the molecule is CC(=O)[O-].CC(=O)[O-].Oc1ccc(-c2ccccc2)cc1C=NC1CCC(N=Cc2cc(-c3ccccc3)ccc2O)CC1.[Co+2]. The second-order valence-electron chi connectivity index (χ2n) is 10.3. The molecule has 5 rings (SSSR count). The predicted molar refractivity (Wildman–Crippen MR) is 170 cm³/mol. The molecule has 0 bridgehead atoms. The van der Waals surface area contributed by atoms with E-state index < -0.39 is 11.9 Å². The van der Waals surface area contributed by atoms with Crippen LogP contribution in [-0.4, -0.2) is 46.7 Å². The molecule has 0 aliphatic heterocycles. The van der Waals surface area contributed by atoms with Crippen LogP contribution >= 0.6 is 0 Å². The Bertz CT molecular complexity index is 1440. The molecule has 0 amide bonds. The molecule has 0 spiro atoms. The van der Waals surface area contributed by atoms with Gasteiger partial charge in [0.05, 0.1) is 12.1 Å². The number of carboxylic acids is 2. The van der Waals surface area contributed by atoms with Crippen molar-refractivity contribution in [1.29, 1.82) is 0 Å². The second-order valence-corrected chi connectivity index (χ2v) is 10.3. The number of carbonyl (C=O) groups is 2. The Kier molecular flexibility index (Phi) is 15.3. The minimum atomic E-state index is -1.08. The zero-order chi connectivity index (χ0) is 31.9. The van der Waals surface area contributed by atoms with Gasteiger partial charge in [-0.2, -0.15) is 0 Å². The first-order chi connectivity index (χ1) is 21.1. The van der Waals surface area contributed by atoms with Crippen LogP contribution in [0.1, 0.15) is 50.7 Å². The number of phenolic OH excluding ortho intramolecular Hbond substituents is 2. The molecule has 4 aromatic rings. The molecule has 1 aliphatic carbocycles. The van der Waals surface area contributed by atoms with Crippen LogP contribution in [0.2, 0.25) is 0 Å². The molecule has 0 heterocycles. The molecular formula is C36H36CoN2O6. The number of hydrogen-bond donors (Lipinski definition) is 2. The van der Waals surface area contributed by atoms with E-state index in [9.17, 15) is 10.2 Å². The van der Waals surface area contributed by atoms with Crippen LogP contribution in [-0.2, 0) is 26.4 Å². The summed E-state index contributed by atoms with van der Waals surface area (Å²) in [4.78, 5) is 27.3. The van der Waals surface area contributed by atoms with E-state index in [1.54, 1.807) is 12.1 Å². The predicted octanol–water partition coefficient (Wildman–Crippen LogP) is 4.79. The summed E-state index contributed by atoms with van der Waals surface area (Å²) >= 11 is 0. The first-order valence-corrected chi connectivity index (χ1v) is 14.3. The molecule has 1 aliphatic rings. The minimum Gasteiger partial charge on any atom is -0.550 e. The number of aromatic hydroxyl groups is 2. The monoisotopic (exact) mass is 651 g/mol. The zero-order valence-electron chi connectivity index (χ0n) is 25.1. The molecule has 1 fully saturated rings. The van der Waals surface area contributed by atoms with Gasteiger partial charge < -0.3 is 30.0 Å². The Morgan fingerprint density at radius 2 is 0.911 bits per heavy atom. The molecule has 0 aromatic heterocycles. The van der Waals surface area contributed by atoms with Gasteiger partial charge in [0.15, 0.2) is 0 Å². The van der Waals surface area contributed by atoms with Crippen LogP contribution < -0.4 is 10.2 Å². The summed E-state index contributed by atoms with van der Waals surface area (Å²) in [6, 6.07) is 32.0. The molecule has 45 heavy (non-hydrogen) atoms. The maximum atomic E-state index is 10.3. The number of carboxylic acid groups (broad SMARTS) is 2. The summed E-state index contributed by atoms with van der Waals surface area (Å²) in [5, 5.41) is 38.4. The normalized spacial score (nSPS) is 15.6. The van der Waals surface area contributed by atoms with E-state index in [4.69, 9.17) is 29.8 Å². The Balaban J connectivity index is 0.000000704. The number of benzene rings is 4. The summed E-state index contributed by atoms with van der Waals surface area (Å²) in [5.74, 6) is -1.68. The Hall–Kier alpha value is -4.73. The van der Waals surface area contributed by atoms with Crippen LogP contribution in [0.25, 0.3) is 22.3 Å². The van der Waals surface area contributed by atoms with Gasteiger partial charge in [0.1, 0.15) is 11.5 Å². The maximum absolute atomic E-state index is 10.3. The number of aliphatic imine (C=N–C) groups is 2. The molecule has 9 heteroatoms. The number of phenols is 2. The smallest absolute Gasteiger partial charge is 0.550 e. The van der Waals surface area contributed by atoms with Gasteiger partial charge in [0.25, 0.3) is 0 Å². The molecule has 0 atom stereocenters. The van der Waals surface area contributed by atoms with Crippen molar-refractivity contribution >= 4 is 24.4 Å². The Morgan fingerprint density at radius 1 is 0.600 bits per heavy atom. The average molecular weight is 652 g/mol. The van der Waals surface area contributed by atoms with Crippen molar-refractivity contribution in [2.75, 3.05) is 0 Å². The fraction of sp³-hybridized carbons (Fsp3) is 0.222. The van der Waals surface area contributed by atoms with E-state index in [1.807, 2.05) is 73.1 Å². The van der Waals surface area contributed by atoms with Gasteiger partial charge >= 0.3 is 16.8 Å². The van der Waals surface area contributed by atoms with Gasteiger partial charge in [0, 0.05) is 35.5 Å². The van der Waals surface area contributed by atoms with E-state index in [0.717, 1.165) is 72.9 Å². The number of rotatable bonds is 6. The van der Waals surface area contributed by atoms with E-state index in [0.29, 0.717) is 0 Å². The third kappa shape index (κ3) is 12.8. The topological polar surface area (TPSA) is 145 Å². The molecule has 8 nitrogen and oxygen atoms in total. The third-order valence-corrected chi connectivity index (χ3v) is 6.78. The molecule has 4 aromatic carbocycles. The summed E-state index contributed by atoms with van der Waals surface area (Å²) in [5.41, 5.74) is 5.84. The standard InChI is InChI=1S/C32H30N2O2.2C2H4O2.Co/c35-31-17-11-25(23-7-3-1-4-8-23)19-27(31)21-33-29-13-15-30(16-14-29)34-22-28-20-26(12-18-32(28)36)24-9-5-2-6-10-24;2*1-2(3)4;/h1-12,17-22,29-30,35-36H,13-16H2;2*1H3,(H,3,4);/q;;;+2/p-2. The van der Waals surface area contributed by atoms with Gasteiger partial charge in [0.2, 0.25) is 0 Å². The number of nitrogens with zero attached hydrogens (tertiary/aromatic N) is 2. The first-order valence-electron chi connectivity index (χ1n) is 14.3. The Labute approximate surface area is 274 Å². The van der Waals surface area contributed by atoms with E-state index in [2.05, 4.69) is 24.3 Å². The van der Waals surface area contributed by atoms with Crippen LogP contribution in [0.4, 0.5) is 0 Å². The van der Waals surface area contributed by atoms with Crippen molar-refractivity contribution in [2.24, 2.45) is 9.98 Å². The average Bonchev–Trinajstić information content (AvgIpc) is 3.01. The van der Waals surface area contributed by atoms with Crippen LogP contribution in [0.3, 0.4) is 0 Å². The minimum absolute atomic E-state index is 0.